The van der Waals surface area contributed by atoms with Crippen molar-refractivity contribution in [1.82, 2.24) is 4.98 Å². The maximum atomic E-state index is 13.6. The average Bonchev–Trinajstić information content (AvgIpc) is 2.59. The summed E-state index contributed by atoms with van der Waals surface area (Å²) in [6, 6.07) is 5.70. The molecular weight excluding hydrogens is 233 g/mol. The fourth-order valence-corrected chi connectivity index (χ4v) is 2.90. The molecule has 0 N–H and O–H groups in total. The van der Waals surface area contributed by atoms with Gasteiger partial charge in [0, 0.05) is 28.1 Å². The third kappa shape index (κ3) is 2.91. The van der Waals surface area contributed by atoms with Crippen molar-refractivity contribution >= 4 is 11.3 Å². The lowest BCUT2D eigenvalue weighted by Crippen LogP contribution is -1.87. The molecule has 0 bridgehead atoms. The van der Waals surface area contributed by atoms with Crippen molar-refractivity contribution in [2.24, 2.45) is 0 Å². The van der Waals surface area contributed by atoms with Crippen molar-refractivity contribution in [2.75, 3.05) is 0 Å². The number of aromatic nitrogens is 1. The van der Waals surface area contributed by atoms with Crippen LogP contribution < -0.4 is 0 Å². The molecule has 0 aliphatic rings. The molecule has 0 spiro atoms. The van der Waals surface area contributed by atoms with Crippen LogP contribution in [0.25, 0.3) is 0 Å². The highest BCUT2D eigenvalue weighted by Gasteiger charge is 2.12. The summed E-state index contributed by atoms with van der Waals surface area (Å²) in [5.41, 5.74) is 2.19. The zero-order valence-corrected chi connectivity index (χ0v) is 11.1. The molecule has 0 saturated carbocycles. The summed E-state index contributed by atoms with van der Waals surface area (Å²) in [6.45, 7) is 6.02. The summed E-state index contributed by atoms with van der Waals surface area (Å²) in [5, 5.41) is 0. The first-order valence-corrected chi connectivity index (χ1v) is 6.57. The molecule has 0 amide bonds. The van der Waals surface area contributed by atoms with Crippen LogP contribution in [0, 0.1) is 12.7 Å². The molecule has 2 aromatic rings. The first-order valence-electron chi connectivity index (χ1n) is 5.76. The molecule has 0 radical (unpaired) electrons. The summed E-state index contributed by atoms with van der Waals surface area (Å²) < 4.78 is 13.6. The van der Waals surface area contributed by atoms with Gasteiger partial charge in [-0.05, 0) is 36.6 Å². The molecule has 0 unspecified atom stereocenters. The lowest BCUT2D eigenvalue weighted by atomic mass is 10.1. The van der Waals surface area contributed by atoms with Crippen molar-refractivity contribution in [3.8, 4) is 0 Å². The summed E-state index contributed by atoms with van der Waals surface area (Å²) in [4.78, 5) is 6.09. The highest BCUT2D eigenvalue weighted by molar-refractivity contribution is 7.12. The fraction of sp³-hybridized carbons (Fsp3) is 0.357. The van der Waals surface area contributed by atoms with Gasteiger partial charge in [-0.15, -0.1) is 11.3 Å². The van der Waals surface area contributed by atoms with E-state index in [1.54, 1.807) is 23.6 Å². The van der Waals surface area contributed by atoms with Gasteiger partial charge in [-0.2, -0.15) is 0 Å². The van der Waals surface area contributed by atoms with Gasteiger partial charge in [0.05, 0.1) is 0 Å². The standard InChI is InChI=1S/C14H16FNS/c1-9(2)14-13(15)8-12(17-14)7-11-4-5-16-10(3)6-11/h4-6,8-9H,7H2,1-3H3. The first-order chi connectivity index (χ1) is 8.06. The number of thiophene rings is 1. The lowest BCUT2D eigenvalue weighted by Gasteiger charge is -2.00. The average molecular weight is 249 g/mol. The van der Waals surface area contributed by atoms with Gasteiger partial charge >= 0.3 is 0 Å². The minimum atomic E-state index is -0.0641. The molecule has 0 aliphatic heterocycles. The van der Waals surface area contributed by atoms with E-state index in [0.717, 1.165) is 21.9 Å². The van der Waals surface area contributed by atoms with Crippen LogP contribution >= 0.6 is 11.3 Å². The van der Waals surface area contributed by atoms with Crippen molar-refractivity contribution in [2.45, 2.75) is 33.1 Å². The van der Waals surface area contributed by atoms with Crippen molar-refractivity contribution in [3.63, 3.8) is 0 Å². The second-order valence-electron chi connectivity index (χ2n) is 4.56. The van der Waals surface area contributed by atoms with E-state index in [-0.39, 0.29) is 11.7 Å². The zero-order chi connectivity index (χ0) is 12.4. The van der Waals surface area contributed by atoms with E-state index in [1.807, 2.05) is 32.9 Å². The lowest BCUT2D eigenvalue weighted by molar-refractivity contribution is 0.608. The Morgan fingerprint density at radius 1 is 1.35 bits per heavy atom. The minimum Gasteiger partial charge on any atom is -0.262 e. The fourth-order valence-electron chi connectivity index (χ4n) is 1.83. The first kappa shape index (κ1) is 12.2. The highest BCUT2D eigenvalue weighted by atomic mass is 32.1. The molecule has 3 heteroatoms. The molecule has 2 rings (SSSR count). The largest absolute Gasteiger partial charge is 0.262 e. The minimum absolute atomic E-state index is 0.0641. The smallest absolute Gasteiger partial charge is 0.137 e. The third-order valence-electron chi connectivity index (χ3n) is 2.63. The van der Waals surface area contributed by atoms with Crippen LogP contribution in [0.5, 0.6) is 0 Å². The van der Waals surface area contributed by atoms with Gasteiger partial charge in [0.25, 0.3) is 0 Å². The highest BCUT2D eigenvalue weighted by Crippen LogP contribution is 2.29. The van der Waals surface area contributed by atoms with E-state index >= 15 is 0 Å². The van der Waals surface area contributed by atoms with E-state index in [1.165, 1.54) is 5.56 Å². The summed E-state index contributed by atoms with van der Waals surface area (Å²) >= 11 is 1.57. The van der Waals surface area contributed by atoms with Crippen LogP contribution in [0.15, 0.2) is 24.4 Å². The molecule has 0 aliphatic carbocycles. The number of hydrogen-bond donors (Lipinski definition) is 0. The van der Waals surface area contributed by atoms with Gasteiger partial charge < -0.3 is 0 Å². The van der Waals surface area contributed by atoms with E-state index in [0.29, 0.717) is 0 Å². The molecule has 1 nitrogen and oxygen atoms in total. The maximum Gasteiger partial charge on any atom is 0.137 e. The zero-order valence-electron chi connectivity index (χ0n) is 10.3. The van der Waals surface area contributed by atoms with Crippen molar-refractivity contribution < 1.29 is 4.39 Å². The number of nitrogens with zero attached hydrogens (tertiary/aromatic N) is 1. The summed E-state index contributed by atoms with van der Waals surface area (Å²) in [5.74, 6) is 0.193. The molecule has 0 aromatic carbocycles. The number of rotatable bonds is 3. The van der Waals surface area contributed by atoms with Crippen LogP contribution in [0.2, 0.25) is 0 Å². The van der Waals surface area contributed by atoms with E-state index in [4.69, 9.17) is 0 Å². The number of pyridine rings is 1. The summed E-state index contributed by atoms with van der Waals surface area (Å²) in [6.07, 6.45) is 2.59. The van der Waals surface area contributed by atoms with Gasteiger partial charge in [0.2, 0.25) is 0 Å². The van der Waals surface area contributed by atoms with Crippen molar-refractivity contribution in [1.29, 1.82) is 0 Å². The predicted molar refractivity (Wildman–Crippen MR) is 70.1 cm³/mol. The molecule has 17 heavy (non-hydrogen) atoms. The van der Waals surface area contributed by atoms with Gasteiger partial charge in [0.15, 0.2) is 0 Å². The molecule has 0 atom stereocenters. The van der Waals surface area contributed by atoms with Crippen LogP contribution in [0.1, 0.15) is 40.8 Å². The molecule has 90 valence electrons. The Morgan fingerprint density at radius 3 is 2.71 bits per heavy atom. The quantitative estimate of drug-likeness (QED) is 0.790. The Bertz CT molecular complexity index is 517. The Labute approximate surface area is 105 Å². The van der Waals surface area contributed by atoms with Crippen LogP contribution in [-0.2, 0) is 6.42 Å². The predicted octanol–water partition coefficient (Wildman–Crippen LogP) is 4.30. The molecular formula is C14H16FNS. The SMILES string of the molecule is Cc1cc(Cc2cc(F)c(C(C)C)s2)ccn1. The summed E-state index contributed by atoms with van der Waals surface area (Å²) in [7, 11) is 0. The molecule has 2 aromatic heterocycles. The van der Waals surface area contributed by atoms with Crippen molar-refractivity contribution in [3.05, 3.63) is 51.2 Å². The second kappa shape index (κ2) is 4.96. The number of hydrogen-bond acceptors (Lipinski definition) is 2. The second-order valence-corrected chi connectivity index (χ2v) is 5.73. The Balaban J connectivity index is 2.22. The Kier molecular flexibility index (Phi) is 3.57. The molecule has 0 fully saturated rings. The number of halogens is 1. The van der Waals surface area contributed by atoms with Crippen LogP contribution in [0.4, 0.5) is 4.39 Å². The molecule has 2 heterocycles. The van der Waals surface area contributed by atoms with Gasteiger partial charge in [-0.3, -0.25) is 4.98 Å². The maximum absolute atomic E-state index is 13.6. The van der Waals surface area contributed by atoms with Gasteiger partial charge in [-0.25, -0.2) is 4.39 Å². The van der Waals surface area contributed by atoms with Crippen LogP contribution in [-0.4, -0.2) is 4.98 Å². The van der Waals surface area contributed by atoms with E-state index < -0.39 is 0 Å². The Morgan fingerprint density at radius 2 is 2.12 bits per heavy atom. The topological polar surface area (TPSA) is 12.9 Å². The van der Waals surface area contributed by atoms with E-state index in [2.05, 4.69) is 4.98 Å². The van der Waals surface area contributed by atoms with Gasteiger partial charge in [0.1, 0.15) is 5.82 Å². The normalized spacial score (nSPS) is 11.1. The van der Waals surface area contributed by atoms with Crippen LogP contribution in [0.3, 0.4) is 0 Å². The third-order valence-corrected chi connectivity index (χ3v) is 4.04. The Hall–Kier alpha value is -1.22. The number of aryl methyl sites for hydroxylation is 1. The monoisotopic (exact) mass is 249 g/mol. The molecule has 0 saturated heterocycles. The van der Waals surface area contributed by atoms with E-state index in [9.17, 15) is 4.39 Å². The van der Waals surface area contributed by atoms with Gasteiger partial charge in [-0.1, -0.05) is 13.8 Å².